The van der Waals surface area contributed by atoms with E-state index >= 15 is 0 Å². The quantitative estimate of drug-likeness (QED) is 0.280. The molecule has 0 radical (unpaired) electrons. The minimum atomic E-state index is -1.10. The number of benzene rings is 4. The summed E-state index contributed by atoms with van der Waals surface area (Å²) >= 11 is 6.52. The number of rotatable bonds is 5. The lowest BCUT2D eigenvalue weighted by Gasteiger charge is -2.26. The predicted molar refractivity (Wildman–Crippen MR) is 159 cm³/mol. The third kappa shape index (κ3) is 5.82. The second-order valence-electron chi connectivity index (χ2n) is 10.4. The molecule has 2 aliphatic rings. The van der Waals surface area contributed by atoms with E-state index in [4.69, 9.17) is 11.6 Å². The van der Waals surface area contributed by atoms with Crippen LogP contribution < -0.4 is 10.4 Å². The van der Waals surface area contributed by atoms with Crippen LogP contribution in [0.25, 0.3) is 12.2 Å². The van der Waals surface area contributed by atoms with Crippen molar-refractivity contribution in [2.45, 2.75) is 38.5 Å². The van der Waals surface area contributed by atoms with E-state index < -0.39 is 11.9 Å². The van der Waals surface area contributed by atoms with Gasteiger partial charge in [0.2, 0.25) is 0 Å². The van der Waals surface area contributed by atoms with Gasteiger partial charge >= 0.3 is 11.9 Å². The molecule has 6 heteroatoms. The molecule has 0 aromatic heterocycles. The maximum Gasteiger partial charge on any atom is 0.335 e. The van der Waals surface area contributed by atoms with Crippen molar-refractivity contribution in [2.24, 2.45) is 5.92 Å². The van der Waals surface area contributed by atoms with Gasteiger partial charge in [0.05, 0.1) is 11.1 Å². The number of hydrogen-bond acceptors (Lipinski definition) is 2. The molecule has 0 bridgehead atoms. The van der Waals surface area contributed by atoms with Gasteiger partial charge in [0.1, 0.15) is 5.82 Å². The molecule has 0 fully saturated rings. The molecule has 41 heavy (non-hydrogen) atoms. The maximum absolute atomic E-state index is 11.9. The van der Waals surface area contributed by atoms with Crippen LogP contribution >= 0.6 is 11.6 Å². The molecule has 0 aliphatic heterocycles. The number of carboxylic acid groups (broad SMARTS) is 2. The molecule has 0 saturated heterocycles. The first-order chi connectivity index (χ1) is 19.8. The van der Waals surface area contributed by atoms with E-state index in [1.165, 1.54) is 51.9 Å². The van der Waals surface area contributed by atoms with E-state index in [2.05, 4.69) is 37.3 Å². The van der Waals surface area contributed by atoms with Crippen LogP contribution in [0.3, 0.4) is 0 Å². The summed E-state index contributed by atoms with van der Waals surface area (Å²) in [5, 5.41) is 24.7. The second-order valence-corrected chi connectivity index (χ2v) is 10.8. The van der Waals surface area contributed by atoms with Crippen LogP contribution in [0.1, 0.15) is 63.1 Å². The van der Waals surface area contributed by atoms with Crippen LogP contribution in [0.5, 0.6) is 0 Å². The highest BCUT2D eigenvalue weighted by atomic mass is 35.5. The highest BCUT2D eigenvalue weighted by Crippen LogP contribution is 2.32. The fourth-order valence-corrected chi connectivity index (χ4v) is 6.27. The summed E-state index contributed by atoms with van der Waals surface area (Å²) in [5.41, 5.74) is 3.24. The lowest BCUT2D eigenvalue weighted by molar-refractivity contribution is 0.0695. The summed E-state index contributed by atoms with van der Waals surface area (Å²) in [6, 6.07) is 22.8. The van der Waals surface area contributed by atoms with Gasteiger partial charge in [-0.05, 0) is 99.5 Å². The zero-order valence-electron chi connectivity index (χ0n) is 22.6. The summed E-state index contributed by atoms with van der Waals surface area (Å²) in [6.45, 7) is 2.19. The van der Waals surface area contributed by atoms with Crippen molar-refractivity contribution >= 4 is 35.7 Å². The largest absolute Gasteiger partial charge is 0.478 e. The summed E-state index contributed by atoms with van der Waals surface area (Å²) in [6.07, 6.45) is 7.57. The molecule has 2 atom stereocenters. The molecule has 4 aromatic rings. The number of hydrogen-bond donors (Lipinski definition) is 2. The highest BCUT2D eigenvalue weighted by Gasteiger charge is 2.25. The summed E-state index contributed by atoms with van der Waals surface area (Å²) in [4.78, 5) is 23.5. The van der Waals surface area contributed by atoms with Crippen molar-refractivity contribution in [1.82, 2.24) is 0 Å². The highest BCUT2D eigenvalue weighted by molar-refractivity contribution is 6.30. The molecular formula is C35H30ClFO4. The van der Waals surface area contributed by atoms with Crippen LogP contribution in [-0.4, -0.2) is 22.2 Å². The van der Waals surface area contributed by atoms with Crippen LogP contribution in [0.15, 0.2) is 78.9 Å². The van der Waals surface area contributed by atoms with E-state index in [1.54, 1.807) is 18.2 Å². The smallest absolute Gasteiger partial charge is 0.335 e. The van der Waals surface area contributed by atoms with Crippen molar-refractivity contribution in [3.05, 3.63) is 138 Å². The topological polar surface area (TPSA) is 74.6 Å². The molecule has 0 saturated carbocycles. The van der Waals surface area contributed by atoms with Crippen molar-refractivity contribution in [3.63, 3.8) is 0 Å². The van der Waals surface area contributed by atoms with Gasteiger partial charge in [-0.25, -0.2) is 14.0 Å². The van der Waals surface area contributed by atoms with Crippen molar-refractivity contribution in [1.29, 1.82) is 0 Å². The van der Waals surface area contributed by atoms with Gasteiger partial charge in [-0.3, -0.25) is 0 Å². The van der Waals surface area contributed by atoms with Crippen molar-refractivity contribution < 1.29 is 24.2 Å². The van der Waals surface area contributed by atoms with Gasteiger partial charge in [-0.1, -0.05) is 79.2 Å². The van der Waals surface area contributed by atoms with Crippen LogP contribution in [0.2, 0.25) is 5.02 Å². The molecule has 4 aromatic carbocycles. The summed E-state index contributed by atoms with van der Waals surface area (Å²) in [5.74, 6) is -2.02. The first-order valence-corrected chi connectivity index (χ1v) is 14.1. The Morgan fingerprint density at radius 1 is 0.854 bits per heavy atom. The number of aromatic carboxylic acids is 2. The molecule has 0 spiro atoms. The summed E-state index contributed by atoms with van der Waals surface area (Å²) in [7, 11) is 0. The number of halogens is 2. The Balaban J connectivity index is 0.000000423. The average molecular weight is 569 g/mol. The number of carboxylic acids is 2. The van der Waals surface area contributed by atoms with E-state index in [9.17, 15) is 24.2 Å². The van der Waals surface area contributed by atoms with Gasteiger partial charge < -0.3 is 10.2 Å². The van der Waals surface area contributed by atoms with Gasteiger partial charge in [0.25, 0.3) is 0 Å². The molecule has 4 nitrogen and oxygen atoms in total. The third-order valence-electron chi connectivity index (χ3n) is 7.93. The molecular weight excluding hydrogens is 539 g/mol. The van der Waals surface area contributed by atoms with E-state index in [0.717, 1.165) is 34.7 Å². The third-order valence-corrected chi connectivity index (χ3v) is 8.26. The molecule has 0 heterocycles. The lowest BCUT2D eigenvalue weighted by Crippen LogP contribution is -2.26. The zero-order valence-corrected chi connectivity index (χ0v) is 23.4. The molecule has 208 valence electrons. The van der Waals surface area contributed by atoms with E-state index in [-0.39, 0.29) is 28.8 Å². The Morgan fingerprint density at radius 3 is 2.15 bits per heavy atom. The van der Waals surface area contributed by atoms with Crippen molar-refractivity contribution in [3.8, 4) is 0 Å². The second kappa shape index (κ2) is 12.1. The van der Waals surface area contributed by atoms with Crippen LogP contribution in [0, 0.1) is 22.2 Å². The minimum absolute atomic E-state index is 0.0681. The van der Waals surface area contributed by atoms with Gasteiger partial charge in [-0.15, -0.1) is 0 Å². The predicted octanol–water partition coefficient (Wildman–Crippen LogP) is 6.72. The van der Waals surface area contributed by atoms with Crippen LogP contribution in [0.4, 0.5) is 4.39 Å². The van der Waals surface area contributed by atoms with Gasteiger partial charge in [0, 0.05) is 10.9 Å². The van der Waals surface area contributed by atoms with Crippen LogP contribution in [-0.2, 0) is 12.8 Å². The fraction of sp³-hybridized carbons (Fsp3) is 0.200. The molecule has 2 aliphatic carbocycles. The first-order valence-electron chi connectivity index (χ1n) is 13.7. The standard InChI is InChI=1S/C29H25ClO4.C6H5F/c1-2-17-15-25-20(5-4-8-26(25)30)21-12-10-18-13-16(9-11-19(18)27(17)21)14-24-22(28(31)32)6-3-7-23(24)29(33)34;7-6-4-2-1-3-5-6/h3-8,10,12-13,15-17H,2,9,11,14H2,1H3,(H,31,32)(H,33,34);1-5H. The zero-order chi connectivity index (χ0) is 29.1. The fourth-order valence-electron chi connectivity index (χ4n) is 6.04. The molecule has 2 N–H and O–H groups in total. The number of fused-ring (bicyclic) bond motifs is 4. The average Bonchev–Trinajstić information content (AvgIpc) is 2.97. The summed E-state index contributed by atoms with van der Waals surface area (Å²) < 4.78 is 11.9. The number of carbonyl (C=O) groups is 2. The Bertz CT molecular complexity index is 1820. The lowest BCUT2D eigenvalue weighted by atomic mass is 9.78. The van der Waals surface area contributed by atoms with E-state index in [0.29, 0.717) is 12.0 Å². The molecule has 0 amide bonds. The first kappa shape index (κ1) is 28.3. The van der Waals surface area contributed by atoms with Crippen molar-refractivity contribution in [2.75, 3.05) is 0 Å². The Labute approximate surface area is 242 Å². The molecule has 6 rings (SSSR count). The van der Waals surface area contributed by atoms with E-state index in [1.807, 2.05) is 12.1 Å². The minimum Gasteiger partial charge on any atom is -0.478 e. The Morgan fingerprint density at radius 2 is 1.54 bits per heavy atom. The van der Waals surface area contributed by atoms with Gasteiger partial charge in [-0.2, -0.15) is 0 Å². The monoisotopic (exact) mass is 568 g/mol. The van der Waals surface area contributed by atoms with Gasteiger partial charge in [0.15, 0.2) is 0 Å². The SMILES string of the molecule is CCC1C=c2c(Cl)cccc2=c2ccc3c(c21)CCC(Cc1c(C(=O)O)cccc1C(=O)O)C=3.Fc1ccccc1. The Kier molecular flexibility index (Phi) is 8.36. The maximum atomic E-state index is 11.9. The normalized spacial score (nSPS) is 16.5. The Hall–Kier alpha value is -4.22. The molecule has 2 unspecified atom stereocenters.